The van der Waals surface area contributed by atoms with E-state index in [0.717, 1.165) is 10.2 Å². The number of fused-ring (bicyclic) bond motifs is 1. The Bertz CT molecular complexity index is 608. The van der Waals surface area contributed by atoms with Gasteiger partial charge in [0, 0.05) is 0 Å². The number of nitrogens with zero attached hydrogens (tertiary/aromatic N) is 1. The lowest BCUT2D eigenvalue weighted by molar-refractivity contribution is -0.192. The number of halogens is 3. The minimum Gasteiger partial charge on any atom is -0.478 e. The largest absolute Gasteiger partial charge is 0.490 e. The Labute approximate surface area is 107 Å². The molecule has 0 fully saturated rings. The molecule has 1 aromatic heterocycles. The van der Waals surface area contributed by atoms with Gasteiger partial charge in [0.05, 0.1) is 21.3 Å². The Morgan fingerprint density at radius 1 is 1.21 bits per heavy atom. The molecule has 2 N–H and O–H groups in total. The van der Waals surface area contributed by atoms with E-state index in [4.69, 9.17) is 15.0 Å². The van der Waals surface area contributed by atoms with Crippen molar-refractivity contribution in [1.82, 2.24) is 4.98 Å². The van der Waals surface area contributed by atoms with Crippen LogP contribution in [-0.4, -0.2) is 33.3 Å². The summed E-state index contributed by atoms with van der Waals surface area (Å²) in [5, 5.41) is 15.8. The number of carboxylic acids is 2. The topological polar surface area (TPSA) is 87.5 Å². The van der Waals surface area contributed by atoms with E-state index in [0.29, 0.717) is 5.56 Å². The molecule has 1 aromatic carbocycles. The molecule has 102 valence electrons. The van der Waals surface area contributed by atoms with Crippen molar-refractivity contribution in [1.29, 1.82) is 0 Å². The maximum atomic E-state index is 10.6. The molecule has 0 saturated heterocycles. The Morgan fingerprint density at radius 3 is 2.26 bits per heavy atom. The molecule has 0 spiro atoms. The van der Waals surface area contributed by atoms with Gasteiger partial charge in [-0.25, -0.2) is 14.6 Å². The van der Waals surface area contributed by atoms with Gasteiger partial charge in [-0.15, -0.1) is 11.3 Å². The van der Waals surface area contributed by atoms with Crippen molar-refractivity contribution in [3.05, 3.63) is 29.3 Å². The first kappa shape index (κ1) is 14.9. The zero-order chi connectivity index (χ0) is 14.6. The molecule has 5 nitrogen and oxygen atoms in total. The lowest BCUT2D eigenvalue weighted by Crippen LogP contribution is -2.21. The number of rotatable bonds is 1. The highest BCUT2D eigenvalue weighted by atomic mass is 32.1. The van der Waals surface area contributed by atoms with Crippen molar-refractivity contribution in [3.63, 3.8) is 0 Å². The van der Waals surface area contributed by atoms with Crippen molar-refractivity contribution in [2.24, 2.45) is 0 Å². The Morgan fingerprint density at radius 2 is 1.79 bits per heavy atom. The maximum absolute atomic E-state index is 10.6. The number of aromatic carboxylic acids is 1. The first-order valence-electron chi connectivity index (χ1n) is 4.58. The molecule has 0 radical (unpaired) electrons. The molecule has 1 heterocycles. The fourth-order valence-electron chi connectivity index (χ4n) is 0.988. The summed E-state index contributed by atoms with van der Waals surface area (Å²) in [6.45, 7) is 0. The molecule has 2 rings (SSSR count). The summed E-state index contributed by atoms with van der Waals surface area (Å²) >= 11 is 1.44. The number of hydrogen-bond donors (Lipinski definition) is 2. The zero-order valence-electron chi connectivity index (χ0n) is 9.01. The summed E-state index contributed by atoms with van der Waals surface area (Å²) in [5.74, 6) is -3.65. The lowest BCUT2D eigenvalue weighted by atomic mass is 10.2. The minimum absolute atomic E-state index is 0.312. The molecule has 19 heavy (non-hydrogen) atoms. The predicted octanol–water partition coefficient (Wildman–Crippen LogP) is 2.63. The number of aliphatic carboxylic acids is 1. The molecule has 0 atom stereocenters. The van der Waals surface area contributed by atoms with Crippen LogP contribution in [0.15, 0.2) is 23.7 Å². The smallest absolute Gasteiger partial charge is 0.478 e. The number of aromatic nitrogens is 1. The summed E-state index contributed by atoms with van der Waals surface area (Å²) in [7, 11) is 0. The highest BCUT2D eigenvalue weighted by molar-refractivity contribution is 7.16. The molecule has 0 unspecified atom stereocenters. The summed E-state index contributed by atoms with van der Waals surface area (Å²) < 4.78 is 32.6. The third-order valence-electron chi connectivity index (χ3n) is 1.82. The van der Waals surface area contributed by atoms with Crippen LogP contribution >= 0.6 is 11.3 Å². The highest BCUT2D eigenvalue weighted by Gasteiger charge is 2.38. The SMILES string of the molecule is O=C(O)C(F)(F)F.O=C(O)c1ccc2ncsc2c1. The molecule has 2 aromatic rings. The Balaban J connectivity index is 0.000000224. The molecular formula is C10H6F3NO4S. The van der Waals surface area contributed by atoms with E-state index in [9.17, 15) is 18.0 Å². The van der Waals surface area contributed by atoms with Crippen LogP contribution in [0.1, 0.15) is 10.4 Å². The Hall–Kier alpha value is -2.16. The van der Waals surface area contributed by atoms with E-state index in [1.165, 1.54) is 11.3 Å². The van der Waals surface area contributed by atoms with Gasteiger partial charge in [0.15, 0.2) is 0 Å². The van der Waals surface area contributed by atoms with Crippen LogP contribution in [0, 0.1) is 0 Å². The molecule has 0 saturated carbocycles. The first-order valence-corrected chi connectivity index (χ1v) is 5.46. The van der Waals surface area contributed by atoms with Crippen molar-refractivity contribution < 1.29 is 33.0 Å². The van der Waals surface area contributed by atoms with Crippen molar-refractivity contribution in [3.8, 4) is 0 Å². The summed E-state index contributed by atoms with van der Waals surface area (Å²) in [6, 6.07) is 4.91. The van der Waals surface area contributed by atoms with E-state index in [1.54, 1.807) is 23.7 Å². The number of hydrogen-bond acceptors (Lipinski definition) is 4. The molecule has 0 aliphatic heterocycles. The van der Waals surface area contributed by atoms with Gasteiger partial charge >= 0.3 is 18.1 Å². The van der Waals surface area contributed by atoms with Crippen molar-refractivity contribution in [2.75, 3.05) is 0 Å². The molecule has 0 bridgehead atoms. The van der Waals surface area contributed by atoms with Gasteiger partial charge in [-0.3, -0.25) is 0 Å². The van der Waals surface area contributed by atoms with Crippen molar-refractivity contribution in [2.45, 2.75) is 6.18 Å². The minimum atomic E-state index is -5.08. The quantitative estimate of drug-likeness (QED) is 0.844. The van der Waals surface area contributed by atoms with Crippen LogP contribution in [0.5, 0.6) is 0 Å². The highest BCUT2D eigenvalue weighted by Crippen LogP contribution is 2.18. The second kappa shape index (κ2) is 5.65. The third-order valence-corrected chi connectivity index (χ3v) is 2.61. The number of carbonyl (C=O) groups is 2. The van der Waals surface area contributed by atoms with Gasteiger partial charge in [0.2, 0.25) is 0 Å². The van der Waals surface area contributed by atoms with Crippen molar-refractivity contribution >= 4 is 33.5 Å². The third kappa shape index (κ3) is 4.21. The molecule has 0 aliphatic carbocycles. The number of carboxylic acid groups (broad SMARTS) is 2. The van der Waals surface area contributed by atoms with Gasteiger partial charge in [-0.2, -0.15) is 13.2 Å². The van der Waals surface area contributed by atoms with Crippen LogP contribution in [0.4, 0.5) is 13.2 Å². The number of thiazole rings is 1. The van der Waals surface area contributed by atoms with E-state index < -0.39 is 18.1 Å². The van der Waals surface area contributed by atoms with Crippen LogP contribution in [0.3, 0.4) is 0 Å². The van der Waals surface area contributed by atoms with E-state index >= 15 is 0 Å². The first-order chi connectivity index (χ1) is 8.71. The van der Waals surface area contributed by atoms with Crippen LogP contribution in [0.25, 0.3) is 10.2 Å². The van der Waals surface area contributed by atoms with Gasteiger partial charge < -0.3 is 10.2 Å². The Kier molecular flexibility index (Phi) is 4.43. The van der Waals surface area contributed by atoms with Gasteiger partial charge in [0.25, 0.3) is 0 Å². The number of alkyl halides is 3. The fraction of sp³-hybridized carbons (Fsp3) is 0.100. The normalized spacial score (nSPS) is 10.7. The molecule has 9 heteroatoms. The summed E-state index contributed by atoms with van der Waals surface area (Å²) in [6.07, 6.45) is -5.08. The van der Waals surface area contributed by atoms with Crippen LogP contribution in [0.2, 0.25) is 0 Å². The maximum Gasteiger partial charge on any atom is 0.490 e. The zero-order valence-corrected chi connectivity index (χ0v) is 9.83. The lowest BCUT2D eigenvalue weighted by Gasteiger charge is -1.93. The van der Waals surface area contributed by atoms with E-state index in [-0.39, 0.29) is 0 Å². The average molecular weight is 293 g/mol. The molecule has 0 aliphatic rings. The van der Waals surface area contributed by atoms with Crippen LogP contribution in [-0.2, 0) is 4.79 Å². The second-order valence-corrected chi connectivity index (χ2v) is 4.03. The predicted molar refractivity (Wildman–Crippen MR) is 60.3 cm³/mol. The fourth-order valence-corrected chi connectivity index (χ4v) is 1.70. The standard InChI is InChI=1S/C8H5NO2S.C2HF3O2/c10-8(11)5-1-2-6-7(3-5)12-4-9-6;3-2(4,5)1(6)7/h1-4H,(H,10,11);(H,6,7). The van der Waals surface area contributed by atoms with Gasteiger partial charge in [0.1, 0.15) is 0 Å². The van der Waals surface area contributed by atoms with E-state index in [2.05, 4.69) is 4.98 Å². The van der Waals surface area contributed by atoms with E-state index in [1.807, 2.05) is 0 Å². The number of benzene rings is 1. The molecule has 0 amide bonds. The monoisotopic (exact) mass is 293 g/mol. The molecular weight excluding hydrogens is 287 g/mol. The summed E-state index contributed by atoms with van der Waals surface area (Å²) in [5.41, 5.74) is 2.87. The van der Waals surface area contributed by atoms with Gasteiger partial charge in [-0.1, -0.05) is 0 Å². The summed E-state index contributed by atoms with van der Waals surface area (Å²) in [4.78, 5) is 23.5. The van der Waals surface area contributed by atoms with Gasteiger partial charge in [-0.05, 0) is 18.2 Å². The van der Waals surface area contributed by atoms with Crippen LogP contribution < -0.4 is 0 Å². The second-order valence-electron chi connectivity index (χ2n) is 3.14. The average Bonchev–Trinajstić information content (AvgIpc) is 2.74.